The molecule has 6 heteroatoms. The van der Waals surface area contributed by atoms with Crippen molar-refractivity contribution < 1.29 is 19.4 Å². The van der Waals surface area contributed by atoms with Gasteiger partial charge in [0.25, 0.3) is 0 Å². The van der Waals surface area contributed by atoms with Gasteiger partial charge in [-0.15, -0.1) is 0 Å². The smallest absolute Gasteiger partial charge is 0.329 e. The second kappa shape index (κ2) is 4.85. The quantitative estimate of drug-likeness (QED) is 0.733. The minimum absolute atomic E-state index is 0.0395. The van der Waals surface area contributed by atoms with E-state index >= 15 is 0 Å². The van der Waals surface area contributed by atoms with Gasteiger partial charge in [0.05, 0.1) is 12.1 Å². The maximum absolute atomic E-state index is 12.4. The Kier molecular flexibility index (Phi) is 3.59. The maximum Gasteiger partial charge on any atom is 0.329 e. The largest absolute Gasteiger partial charge is 0.480 e. The number of carbonyl (C=O) groups is 2. The summed E-state index contributed by atoms with van der Waals surface area (Å²) in [6.07, 6.45) is 1.92. The van der Waals surface area contributed by atoms with Crippen LogP contribution in [0, 0.1) is 0 Å². The molecule has 18 heavy (non-hydrogen) atoms. The first kappa shape index (κ1) is 13.3. The van der Waals surface area contributed by atoms with Crippen molar-refractivity contribution in [3.8, 4) is 0 Å². The zero-order valence-electron chi connectivity index (χ0n) is 10.8. The number of hydrogen-bond donors (Lipinski definition) is 2. The third-order valence-corrected chi connectivity index (χ3v) is 4.09. The number of ether oxygens (including phenoxy) is 1. The summed E-state index contributed by atoms with van der Waals surface area (Å²) in [4.78, 5) is 25.2. The Hall–Kier alpha value is -1.14. The van der Waals surface area contributed by atoms with Crippen LogP contribution in [0.15, 0.2) is 0 Å². The summed E-state index contributed by atoms with van der Waals surface area (Å²) in [7, 11) is 1.62. The van der Waals surface area contributed by atoms with Crippen molar-refractivity contribution in [2.24, 2.45) is 0 Å². The maximum atomic E-state index is 12.4. The summed E-state index contributed by atoms with van der Waals surface area (Å²) in [6, 6.07) is -0.313. The van der Waals surface area contributed by atoms with E-state index in [0.29, 0.717) is 25.9 Å². The second-order valence-electron chi connectivity index (χ2n) is 5.23. The number of methoxy groups -OCH3 is 1. The summed E-state index contributed by atoms with van der Waals surface area (Å²) >= 11 is 0. The van der Waals surface area contributed by atoms with Crippen molar-refractivity contribution in [1.82, 2.24) is 10.2 Å². The normalized spacial score (nSPS) is 36.0. The van der Waals surface area contributed by atoms with E-state index in [1.165, 1.54) is 4.90 Å². The van der Waals surface area contributed by atoms with Gasteiger partial charge in [0, 0.05) is 20.2 Å². The van der Waals surface area contributed by atoms with Crippen LogP contribution in [0.1, 0.15) is 26.2 Å². The highest BCUT2D eigenvalue weighted by Crippen LogP contribution is 2.30. The molecular formula is C12H20N2O4. The Morgan fingerprint density at radius 1 is 1.50 bits per heavy atom. The van der Waals surface area contributed by atoms with Crippen LogP contribution >= 0.6 is 0 Å². The molecule has 2 fully saturated rings. The Bertz CT molecular complexity index is 360. The number of rotatable bonds is 3. The molecule has 0 saturated carbocycles. The molecule has 0 aromatic carbocycles. The first-order valence-electron chi connectivity index (χ1n) is 6.30. The highest BCUT2D eigenvalue weighted by atomic mass is 16.5. The highest BCUT2D eigenvalue weighted by Gasteiger charge is 2.48. The summed E-state index contributed by atoms with van der Waals surface area (Å²) in [5, 5.41) is 12.4. The van der Waals surface area contributed by atoms with Gasteiger partial charge in [-0.2, -0.15) is 0 Å². The fraction of sp³-hybridized carbons (Fsp3) is 0.833. The van der Waals surface area contributed by atoms with Gasteiger partial charge < -0.3 is 20.1 Å². The molecule has 1 amide bonds. The molecule has 2 heterocycles. The lowest BCUT2D eigenvalue weighted by Gasteiger charge is -2.33. The molecule has 0 aliphatic carbocycles. The first-order valence-corrected chi connectivity index (χ1v) is 6.30. The summed E-state index contributed by atoms with van der Waals surface area (Å²) in [6.45, 7) is 2.80. The number of nitrogens with zero attached hydrogens (tertiary/aromatic N) is 1. The third-order valence-electron chi connectivity index (χ3n) is 4.09. The third kappa shape index (κ3) is 2.10. The average Bonchev–Trinajstić information content (AvgIpc) is 2.95. The van der Waals surface area contributed by atoms with Crippen LogP contribution in [-0.2, 0) is 14.3 Å². The molecule has 2 rings (SSSR count). The average molecular weight is 256 g/mol. The van der Waals surface area contributed by atoms with E-state index in [4.69, 9.17) is 4.74 Å². The molecule has 2 saturated heterocycles. The second-order valence-corrected chi connectivity index (χ2v) is 5.23. The monoisotopic (exact) mass is 256 g/mol. The lowest BCUT2D eigenvalue weighted by molar-refractivity contribution is -0.156. The number of amides is 1. The topological polar surface area (TPSA) is 78.9 Å². The fourth-order valence-corrected chi connectivity index (χ4v) is 2.80. The number of likely N-dealkylation sites (tertiary alicyclic amines) is 1. The van der Waals surface area contributed by atoms with Crippen molar-refractivity contribution in [2.75, 3.05) is 20.2 Å². The van der Waals surface area contributed by atoms with Gasteiger partial charge in [-0.05, 0) is 26.2 Å². The zero-order chi connectivity index (χ0) is 13.3. The zero-order valence-corrected chi connectivity index (χ0v) is 10.8. The molecule has 0 aromatic rings. The van der Waals surface area contributed by atoms with E-state index < -0.39 is 11.5 Å². The van der Waals surface area contributed by atoms with Gasteiger partial charge >= 0.3 is 5.97 Å². The molecule has 6 nitrogen and oxygen atoms in total. The van der Waals surface area contributed by atoms with E-state index in [1.807, 2.05) is 0 Å². The standard InChI is InChI=1S/C12H20N2O4/c1-12(11(16)17)4-3-5-14(12)10(15)9-6-8(18-2)7-13-9/h8-9,13H,3-7H2,1-2H3,(H,16,17). The summed E-state index contributed by atoms with van der Waals surface area (Å²) in [5.41, 5.74) is -1.05. The van der Waals surface area contributed by atoms with Crippen molar-refractivity contribution >= 4 is 11.9 Å². The minimum Gasteiger partial charge on any atom is -0.480 e. The molecule has 0 spiro atoms. The van der Waals surface area contributed by atoms with E-state index in [-0.39, 0.29) is 18.1 Å². The lowest BCUT2D eigenvalue weighted by atomic mass is 9.98. The molecule has 3 atom stereocenters. The van der Waals surface area contributed by atoms with Gasteiger partial charge in [0.2, 0.25) is 5.91 Å². The number of carboxylic acid groups (broad SMARTS) is 1. The van der Waals surface area contributed by atoms with Gasteiger partial charge in [-0.3, -0.25) is 4.79 Å². The Morgan fingerprint density at radius 2 is 2.22 bits per heavy atom. The lowest BCUT2D eigenvalue weighted by Crippen LogP contribution is -2.55. The Morgan fingerprint density at radius 3 is 2.78 bits per heavy atom. The predicted molar refractivity (Wildman–Crippen MR) is 64.2 cm³/mol. The van der Waals surface area contributed by atoms with Crippen molar-refractivity contribution in [1.29, 1.82) is 0 Å². The van der Waals surface area contributed by atoms with Crippen LogP contribution in [0.4, 0.5) is 0 Å². The van der Waals surface area contributed by atoms with Crippen molar-refractivity contribution in [3.05, 3.63) is 0 Å². The Labute approximate surface area is 106 Å². The van der Waals surface area contributed by atoms with Crippen molar-refractivity contribution in [2.45, 2.75) is 43.9 Å². The van der Waals surface area contributed by atoms with Crippen LogP contribution < -0.4 is 5.32 Å². The van der Waals surface area contributed by atoms with Gasteiger partial charge in [0.1, 0.15) is 5.54 Å². The number of hydrogen-bond acceptors (Lipinski definition) is 4. The number of carbonyl (C=O) groups excluding carboxylic acids is 1. The van der Waals surface area contributed by atoms with Gasteiger partial charge in [-0.1, -0.05) is 0 Å². The molecule has 0 bridgehead atoms. The predicted octanol–water partition coefficient (Wildman–Crippen LogP) is -0.171. The molecule has 2 aliphatic rings. The minimum atomic E-state index is -1.05. The molecule has 2 aliphatic heterocycles. The Balaban J connectivity index is 2.07. The highest BCUT2D eigenvalue weighted by molar-refractivity contribution is 5.90. The van der Waals surface area contributed by atoms with Crippen LogP contribution in [0.2, 0.25) is 0 Å². The van der Waals surface area contributed by atoms with E-state index in [2.05, 4.69) is 5.32 Å². The molecule has 2 N–H and O–H groups in total. The van der Waals surface area contributed by atoms with Crippen LogP contribution in [0.3, 0.4) is 0 Å². The number of carboxylic acids is 1. The van der Waals surface area contributed by atoms with Crippen LogP contribution in [0.5, 0.6) is 0 Å². The molecule has 102 valence electrons. The first-order chi connectivity index (χ1) is 8.49. The molecule has 0 radical (unpaired) electrons. The summed E-state index contributed by atoms with van der Waals surface area (Å²) in [5.74, 6) is -1.04. The van der Waals surface area contributed by atoms with Crippen molar-refractivity contribution in [3.63, 3.8) is 0 Å². The van der Waals surface area contributed by atoms with Crippen LogP contribution in [-0.4, -0.2) is 59.8 Å². The van der Waals surface area contributed by atoms with E-state index in [9.17, 15) is 14.7 Å². The molecule has 0 aromatic heterocycles. The summed E-state index contributed by atoms with van der Waals surface area (Å²) < 4.78 is 5.20. The molecule has 3 unspecified atom stereocenters. The SMILES string of the molecule is COC1CNC(C(=O)N2CCCC2(C)C(=O)O)C1. The van der Waals surface area contributed by atoms with Crippen LogP contribution in [0.25, 0.3) is 0 Å². The number of nitrogens with one attached hydrogen (secondary N) is 1. The van der Waals surface area contributed by atoms with Gasteiger partial charge in [0.15, 0.2) is 0 Å². The number of aliphatic carboxylic acids is 1. The molecular weight excluding hydrogens is 236 g/mol. The van der Waals surface area contributed by atoms with E-state index in [0.717, 1.165) is 6.42 Å². The fourth-order valence-electron chi connectivity index (χ4n) is 2.80. The van der Waals surface area contributed by atoms with Gasteiger partial charge in [-0.25, -0.2) is 4.79 Å². The van der Waals surface area contributed by atoms with E-state index in [1.54, 1.807) is 14.0 Å².